The van der Waals surface area contributed by atoms with Gasteiger partial charge >= 0.3 is 0 Å². The quantitative estimate of drug-likeness (QED) is 0.267. The Morgan fingerprint density at radius 1 is 2.00 bits per heavy atom. The van der Waals surface area contributed by atoms with Crippen molar-refractivity contribution in [2.24, 2.45) is 0 Å². The summed E-state index contributed by atoms with van der Waals surface area (Å²) in [7, 11) is 2.26. The molecule has 4 heteroatoms. The average Bonchev–Trinajstić information content (AvgIpc) is 1.35. The van der Waals surface area contributed by atoms with Crippen molar-refractivity contribution in [1.82, 2.24) is 5.09 Å². The van der Waals surface area contributed by atoms with Gasteiger partial charge in [-0.2, -0.15) is 0 Å². The van der Waals surface area contributed by atoms with Gasteiger partial charge in [0.25, 0.3) is 0 Å². The van der Waals surface area contributed by atoms with E-state index in [0.29, 0.717) is 6.54 Å². The van der Waals surface area contributed by atoms with Gasteiger partial charge in [0.2, 0.25) is 0 Å². The Bertz CT molecular complexity index is 34.7. The molecule has 0 fully saturated rings. The highest BCUT2D eigenvalue weighted by Gasteiger charge is 1.87. The molecule has 2 unspecified atom stereocenters. The summed E-state index contributed by atoms with van der Waals surface area (Å²) in [6.07, 6.45) is 0. The maximum atomic E-state index is 8.34. The average molecular weight is 125 g/mol. The zero-order valence-corrected chi connectivity index (χ0v) is 5.31. The van der Waals surface area contributed by atoms with Crippen molar-refractivity contribution < 1.29 is 5.11 Å². The van der Waals surface area contributed by atoms with Gasteiger partial charge in [0.1, 0.15) is 5.44 Å². The van der Waals surface area contributed by atoms with Crippen LogP contribution in [0.3, 0.4) is 0 Å². The Balaban J connectivity index is 2.63. The molecule has 6 heavy (non-hydrogen) atoms. The van der Waals surface area contributed by atoms with E-state index in [0.717, 1.165) is 0 Å². The monoisotopic (exact) mass is 125 g/mol. The number of hydrogen-bond donors (Lipinski definition) is 3. The molecule has 38 valence electrons. The van der Waals surface area contributed by atoms with Gasteiger partial charge in [-0.3, -0.25) is 5.09 Å². The first-order valence-corrected chi connectivity index (χ1v) is 2.66. The molecule has 0 saturated carbocycles. The Morgan fingerprint density at radius 2 is 2.50 bits per heavy atom. The summed E-state index contributed by atoms with van der Waals surface area (Å²) in [5.41, 5.74) is -0.539. The molecule has 0 aromatic carbocycles. The van der Waals surface area contributed by atoms with E-state index in [4.69, 9.17) is 5.11 Å². The third-order valence-electron chi connectivity index (χ3n) is 0.300. The van der Waals surface area contributed by atoms with E-state index in [1.165, 1.54) is 0 Å². The summed E-state index contributed by atoms with van der Waals surface area (Å²) in [5.74, 6) is 0. The van der Waals surface area contributed by atoms with Gasteiger partial charge in [-0.25, -0.2) is 0 Å². The smallest absolute Gasteiger partial charge is 0.109 e. The highest BCUT2D eigenvalue weighted by Crippen LogP contribution is 1.84. The molecule has 0 saturated heterocycles. The molecule has 0 aliphatic heterocycles. The minimum atomic E-state index is -0.539. The Labute approximate surface area is 45.0 Å². The lowest BCUT2D eigenvalue weighted by Gasteiger charge is -1.96. The zero-order chi connectivity index (χ0) is 4.99. The molecule has 0 rings (SSSR count). The molecule has 0 heterocycles. The molecular weight excluding hydrogens is 117 g/mol. The van der Waals surface area contributed by atoms with Gasteiger partial charge in [-0.1, -0.05) is 9.39 Å². The van der Waals surface area contributed by atoms with Gasteiger partial charge in [0.05, 0.1) is 0 Å². The maximum absolute atomic E-state index is 8.34. The third-order valence-corrected chi connectivity index (χ3v) is 0.719. The minimum absolute atomic E-state index is 0.508. The number of rotatable bonds is 2. The number of hydrogen-bond acceptors (Lipinski definition) is 3. The van der Waals surface area contributed by atoms with Gasteiger partial charge in [0, 0.05) is 6.54 Å². The molecule has 0 aliphatic rings. The number of aliphatic hydroxyl groups is 1. The van der Waals surface area contributed by atoms with Crippen LogP contribution in [0.25, 0.3) is 0 Å². The summed E-state index contributed by atoms with van der Waals surface area (Å²) in [4.78, 5) is 0. The van der Waals surface area contributed by atoms with Crippen LogP contribution in [0, 0.1) is 0 Å². The predicted octanol–water partition coefficient (Wildman–Crippen LogP) is -0.386. The molecule has 2 N–H and O–H groups in total. The summed E-state index contributed by atoms with van der Waals surface area (Å²) in [5, 5.41) is 11.0. The standard InChI is InChI=1S/C2H8NOPS/c4-2(6)1-3-5/h2-4,6H,1,5H2. The normalized spacial score (nSPS) is 14.5. The number of aliphatic hydroxyl groups excluding tert-OH is 1. The van der Waals surface area contributed by atoms with E-state index in [-0.39, 0.29) is 0 Å². The lowest BCUT2D eigenvalue weighted by atomic mass is 10.7. The highest BCUT2D eigenvalue weighted by atomic mass is 32.1. The van der Waals surface area contributed by atoms with E-state index < -0.39 is 5.44 Å². The van der Waals surface area contributed by atoms with E-state index in [1.54, 1.807) is 0 Å². The van der Waals surface area contributed by atoms with Crippen LogP contribution in [-0.4, -0.2) is 17.1 Å². The van der Waals surface area contributed by atoms with Crippen molar-refractivity contribution in [2.45, 2.75) is 5.44 Å². The molecule has 0 aliphatic carbocycles. The fraction of sp³-hybridized carbons (Fsp3) is 1.00. The summed E-state index contributed by atoms with van der Waals surface area (Å²) >= 11 is 3.66. The Morgan fingerprint density at radius 3 is 2.50 bits per heavy atom. The van der Waals surface area contributed by atoms with Crippen molar-refractivity contribution in [3.8, 4) is 0 Å². The lowest BCUT2D eigenvalue weighted by molar-refractivity contribution is 0.270. The first-order chi connectivity index (χ1) is 2.77. The fourth-order valence-electron chi connectivity index (χ4n) is 0.105. The molecular formula is C2H8NOPS. The molecule has 0 amide bonds. The molecule has 0 aromatic heterocycles. The van der Waals surface area contributed by atoms with Gasteiger partial charge in [0.15, 0.2) is 0 Å². The van der Waals surface area contributed by atoms with Gasteiger partial charge < -0.3 is 5.11 Å². The van der Waals surface area contributed by atoms with Crippen LogP contribution in [0.15, 0.2) is 0 Å². The fourth-order valence-corrected chi connectivity index (χ4v) is 0.632. The van der Waals surface area contributed by atoms with Crippen LogP contribution in [-0.2, 0) is 0 Å². The molecule has 0 radical (unpaired) electrons. The lowest BCUT2D eigenvalue weighted by Crippen LogP contribution is -2.12. The van der Waals surface area contributed by atoms with Crippen molar-refractivity contribution in [3.63, 3.8) is 0 Å². The SMILES string of the molecule is OC(S)CNP. The van der Waals surface area contributed by atoms with E-state index in [2.05, 4.69) is 27.1 Å². The van der Waals surface area contributed by atoms with Crippen LogP contribution < -0.4 is 5.09 Å². The van der Waals surface area contributed by atoms with Crippen LogP contribution in [0.1, 0.15) is 0 Å². The van der Waals surface area contributed by atoms with Crippen LogP contribution >= 0.6 is 22.0 Å². The Hall–Kier alpha value is 0.700. The summed E-state index contributed by atoms with van der Waals surface area (Å²) in [6, 6.07) is 0. The molecule has 2 nitrogen and oxygen atoms in total. The number of nitrogens with one attached hydrogen (secondary N) is 1. The number of thiol groups is 1. The van der Waals surface area contributed by atoms with Gasteiger partial charge in [-0.05, 0) is 0 Å². The molecule has 2 atom stereocenters. The van der Waals surface area contributed by atoms with Crippen LogP contribution in [0.5, 0.6) is 0 Å². The van der Waals surface area contributed by atoms with E-state index >= 15 is 0 Å². The summed E-state index contributed by atoms with van der Waals surface area (Å²) in [6.45, 7) is 0.508. The second-order valence-electron chi connectivity index (χ2n) is 0.889. The largest absolute Gasteiger partial charge is 0.381 e. The highest BCUT2D eigenvalue weighted by molar-refractivity contribution is 7.80. The first-order valence-electron chi connectivity index (χ1n) is 1.57. The molecule has 0 aromatic rings. The van der Waals surface area contributed by atoms with E-state index in [1.807, 2.05) is 0 Å². The van der Waals surface area contributed by atoms with Crippen molar-refractivity contribution in [3.05, 3.63) is 0 Å². The van der Waals surface area contributed by atoms with Crippen molar-refractivity contribution in [1.29, 1.82) is 0 Å². The third kappa shape index (κ3) is 4.70. The molecule has 0 bridgehead atoms. The first kappa shape index (κ1) is 6.70. The van der Waals surface area contributed by atoms with Crippen molar-refractivity contribution >= 4 is 22.0 Å². The van der Waals surface area contributed by atoms with Crippen LogP contribution in [0.4, 0.5) is 0 Å². The van der Waals surface area contributed by atoms with Crippen molar-refractivity contribution in [2.75, 3.05) is 6.54 Å². The predicted molar refractivity (Wildman–Crippen MR) is 32.7 cm³/mol. The zero-order valence-electron chi connectivity index (χ0n) is 3.26. The summed E-state index contributed by atoms with van der Waals surface area (Å²) < 4.78 is 0. The van der Waals surface area contributed by atoms with Crippen LogP contribution in [0.2, 0.25) is 0 Å². The van der Waals surface area contributed by atoms with E-state index in [9.17, 15) is 0 Å². The topological polar surface area (TPSA) is 32.3 Å². The second kappa shape index (κ2) is 3.88. The second-order valence-corrected chi connectivity index (χ2v) is 1.89. The minimum Gasteiger partial charge on any atom is -0.381 e. The maximum Gasteiger partial charge on any atom is 0.109 e. The Kier molecular flexibility index (Phi) is 4.33. The molecule has 0 spiro atoms. The van der Waals surface area contributed by atoms with Gasteiger partial charge in [-0.15, -0.1) is 12.6 Å².